The highest BCUT2D eigenvalue weighted by atomic mass is 16.5. The molecular formula is C18H17NO. The second kappa shape index (κ2) is 5.74. The van der Waals surface area contributed by atoms with E-state index in [4.69, 9.17) is 4.74 Å². The van der Waals surface area contributed by atoms with Gasteiger partial charge in [-0.3, -0.25) is 4.98 Å². The van der Waals surface area contributed by atoms with Crippen molar-refractivity contribution < 1.29 is 4.74 Å². The second-order valence-corrected chi connectivity index (χ2v) is 4.83. The van der Waals surface area contributed by atoms with Gasteiger partial charge < -0.3 is 4.74 Å². The standard InChI is InChI=1S/C18H17NO/c1-20-16-9-6-14(7-10-16)8-11-18-17-5-3-2-4-15(17)12-13-19-18/h2-7,9-10,12-13H,8,11H2,1H3. The van der Waals surface area contributed by atoms with E-state index in [1.807, 2.05) is 18.3 Å². The smallest absolute Gasteiger partial charge is 0.118 e. The van der Waals surface area contributed by atoms with Crippen molar-refractivity contribution >= 4 is 10.8 Å². The average molecular weight is 263 g/mol. The fourth-order valence-corrected chi connectivity index (χ4v) is 2.44. The zero-order valence-electron chi connectivity index (χ0n) is 11.5. The van der Waals surface area contributed by atoms with E-state index >= 15 is 0 Å². The van der Waals surface area contributed by atoms with Crippen molar-refractivity contribution in [2.24, 2.45) is 0 Å². The molecule has 0 aliphatic carbocycles. The van der Waals surface area contributed by atoms with Crippen LogP contribution in [-0.2, 0) is 12.8 Å². The number of rotatable bonds is 4. The lowest BCUT2D eigenvalue weighted by Crippen LogP contribution is -1.95. The van der Waals surface area contributed by atoms with Gasteiger partial charge in [-0.05, 0) is 42.0 Å². The predicted molar refractivity (Wildman–Crippen MR) is 82.1 cm³/mol. The molecule has 0 aliphatic heterocycles. The van der Waals surface area contributed by atoms with Gasteiger partial charge in [0, 0.05) is 17.3 Å². The molecule has 0 saturated heterocycles. The van der Waals surface area contributed by atoms with Gasteiger partial charge >= 0.3 is 0 Å². The van der Waals surface area contributed by atoms with Gasteiger partial charge in [0.25, 0.3) is 0 Å². The number of hydrogen-bond acceptors (Lipinski definition) is 2. The van der Waals surface area contributed by atoms with E-state index in [1.165, 1.54) is 22.0 Å². The van der Waals surface area contributed by atoms with Crippen molar-refractivity contribution in [1.82, 2.24) is 4.98 Å². The fraction of sp³-hybridized carbons (Fsp3) is 0.167. The largest absolute Gasteiger partial charge is 0.497 e. The molecule has 0 fully saturated rings. The van der Waals surface area contributed by atoms with Crippen LogP contribution in [0.3, 0.4) is 0 Å². The maximum absolute atomic E-state index is 5.18. The van der Waals surface area contributed by atoms with Crippen LogP contribution in [-0.4, -0.2) is 12.1 Å². The number of ether oxygens (including phenoxy) is 1. The number of methoxy groups -OCH3 is 1. The SMILES string of the molecule is COc1ccc(CCc2nccc3ccccc23)cc1. The third-order valence-electron chi connectivity index (χ3n) is 3.57. The highest BCUT2D eigenvalue weighted by molar-refractivity contribution is 5.84. The van der Waals surface area contributed by atoms with Crippen molar-refractivity contribution in [2.75, 3.05) is 7.11 Å². The van der Waals surface area contributed by atoms with Crippen LogP contribution in [0, 0.1) is 0 Å². The first-order valence-electron chi connectivity index (χ1n) is 6.82. The van der Waals surface area contributed by atoms with E-state index in [0.29, 0.717) is 0 Å². The van der Waals surface area contributed by atoms with E-state index in [1.54, 1.807) is 7.11 Å². The first-order chi connectivity index (χ1) is 9.86. The monoisotopic (exact) mass is 263 g/mol. The van der Waals surface area contributed by atoms with Crippen LogP contribution in [0.25, 0.3) is 10.8 Å². The lowest BCUT2D eigenvalue weighted by atomic mass is 10.0. The normalized spacial score (nSPS) is 10.7. The number of aryl methyl sites for hydroxylation is 2. The molecule has 1 aromatic heterocycles. The van der Waals surface area contributed by atoms with Gasteiger partial charge in [-0.2, -0.15) is 0 Å². The summed E-state index contributed by atoms with van der Waals surface area (Å²) in [5, 5.41) is 2.51. The highest BCUT2D eigenvalue weighted by Crippen LogP contribution is 2.19. The third kappa shape index (κ3) is 2.64. The van der Waals surface area contributed by atoms with Crippen molar-refractivity contribution in [1.29, 1.82) is 0 Å². The summed E-state index contributed by atoms with van der Waals surface area (Å²) in [6.45, 7) is 0. The molecule has 0 atom stereocenters. The molecule has 2 nitrogen and oxygen atoms in total. The van der Waals surface area contributed by atoms with Gasteiger partial charge in [-0.1, -0.05) is 36.4 Å². The molecule has 100 valence electrons. The Morgan fingerprint density at radius 3 is 2.50 bits per heavy atom. The van der Waals surface area contributed by atoms with E-state index in [9.17, 15) is 0 Å². The minimum atomic E-state index is 0.900. The molecule has 2 aromatic carbocycles. The van der Waals surface area contributed by atoms with E-state index in [0.717, 1.165) is 18.6 Å². The molecule has 3 rings (SSSR count). The summed E-state index contributed by atoms with van der Waals surface area (Å²) in [6, 6.07) is 18.7. The maximum atomic E-state index is 5.18. The molecule has 0 bridgehead atoms. The minimum absolute atomic E-state index is 0.900. The Labute approximate surface area is 119 Å². The number of aromatic nitrogens is 1. The van der Waals surface area contributed by atoms with Gasteiger partial charge in [-0.25, -0.2) is 0 Å². The fourth-order valence-electron chi connectivity index (χ4n) is 2.44. The van der Waals surface area contributed by atoms with Crippen molar-refractivity contribution in [2.45, 2.75) is 12.8 Å². The van der Waals surface area contributed by atoms with Crippen LogP contribution in [0.4, 0.5) is 0 Å². The minimum Gasteiger partial charge on any atom is -0.497 e. The maximum Gasteiger partial charge on any atom is 0.118 e. The molecule has 3 aromatic rings. The van der Waals surface area contributed by atoms with E-state index < -0.39 is 0 Å². The number of nitrogens with zero attached hydrogens (tertiary/aromatic N) is 1. The van der Waals surface area contributed by atoms with Crippen LogP contribution in [0.2, 0.25) is 0 Å². The molecule has 0 radical (unpaired) electrons. The first kappa shape index (κ1) is 12.7. The van der Waals surface area contributed by atoms with Gasteiger partial charge in [0.2, 0.25) is 0 Å². The van der Waals surface area contributed by atoms with Gasteiger partial charge in [0.15, 0.2) is 0 Å². The van der Waals surface area contributed by atoms with Crippen LogP contribution in [0.5, 0.6) is 5.75 Å². The van der Waals surface area contributed by atoms with Crippen molar-refractivity contribution in [3.63, 3.8) is 0 Å². The average Bonchev–Trinajstić information content (AvgIpc) is 2.53. The zero-order valence-corrected chi connectivity index (χ0v) is 11.5. The summed E-state index contributed by atoms with van der Waals surface area (Å²) >= 11 is 0. The van der Waals surface area contributed by atoms with Gasteiger partial charge in [0.05, 0.1) is 7.11 Å². The lowest BCUT2D eigenvalue weighted by molar-refractivity contribution is 0.414. The van der Waals surface area contributed by atoms with E-state index in [-0.39, 0.29) is 0 Å². The van der Waals surface area contributed by atoms with Crippen LogP contribution >= 0.6 is 0 Å². The Balaban J connectivity index is 1.79. The summed E-state index contributed by atoms with van der Waals surface area (Å²) in [7, 11) is 1.69. The highest BCUT2D eigenvalue weighted by Gasteiger charge is 2.02. The van der Waals surface area contributed by atoms with Gasteiger partial charge in [0.1, 0.15) is 5.75 Å². The molecule has 0 saturated carbocycles. The summed E-state index contributed by atoms with van der Waals surface area (Å²) < 4.78 is 5.18. The van der Waals surface area contributed by atoms with Crippen molar-refractivity contribution in [3.8, 4) is 5.75 Å². The second-order valence-electron chi connectivity index (χ2n) is 4.83. The molecule has 20 heavy (non-hydrogen) atoms. The van der Waals surface area contributed by atoms with Crippen LogP contribution in [0.15, 0.2) is 60.8 Å². The molecular weight excluding hydrogens is 246 g/mol. The number of benzene rings is 2. The molecule has 1 heterocycles. The Hall–Kier alpha value is -2.35. The molecule has 2 heteroatoms. The Bertz CT molecular complexity index is 699. The van der Waals surface area contributed by atoms with Crippen molar-refractivity contribution in [3.05, 3.63) is 72.1 Å². The third-order valence-corrected chi connectivity index (χ3v) is 3.57. The number of hydrogen-bond donors (Lipinski definition) is 0. The molecule has 0 aliphatic rings. The Morgan fingerprint density at radius 1 is 0.900 bits per heavy atom. The first-order valence-corrected chi connectivity index (χ1v) is 6.82. The number of fused-ring (bicyclic) bond motifs is 1. The quantitative estimate of drug-likeness (QED) is 0.709. The summed E-state index contributed by atoms with van der Waals surface area (Å²) in [5.74, 6) is 0.900. The zero-order chi connectivity index (χ0) is 13.8. The molecule has 0 unspecified atom stereocenters. The Kier molecular flexibility index (Phi) is 3.64. The van der Waals surface area contributed by atoms with Gasteiger partial charge in [-0.15, -0.1) is 0 Å². The Morgan fingerprint density at radius 2 is 1.70 bits per heavy atom. The topological polar surface area (TPSA) is 22.1 Å². The number of pyridine rings is 1. The summed E-state index contributed by atoms with van der Waals surface area (Å²) in [5.41, 5.74) is 2.47. The van der Waals surface area contributed by atoms with Crippen LogP contribution < -0.4 is 4.74 Å². The molecule has 0 amide bonds. The predicted octanol–water partition coefficient (Wildman–Crippen LogP) is 4.03. The molecule has 0 spiro atoms. The molecule has 0 N–H and O–H groups in total. The van der Waals surface area contributed by atoms with Crippen LogP contribution in [0.1, 0.15) is 11.3 Å². The summed E-state index contributed by atoms with van der Waals surface area (Å²) in [6.07, 6.45) is 3.84. The lowest BCUT2D eigenvalue weighted by Gasteiger charge is -2.06. The summed E-state index contributed by atoms with van der Waals surface area (Å²) in [4.78, 5) is 4.53. The van der Waals surface area contributed by atoms with E-state index in [2.05, 4.69) is 47.4 Å².